The third-order valence-electron chi connectivity index (χ3n) is 8.95. The third-order valence-corrected chi connectivity index (χ3v) is 8.95. The monoisotopic (exact) mass is 706 g/mol. The van der Waals surface area contributed by atoms with E-state index >= 15 is 0 Å². The van der Waals surface area contributed by atoms with E-state index in [0.29, 0.717) is 57.1 Å². The quantitative estimate of drug-likeness (QED) is 0.0280. The maximum atomic E-state index is 12.5. The fraction of sp³-hybridized carbons (Fsp3) is 0.676. The molecule has 0 radical (unpaired) electrons. The van der Waals surface area contributed by atoms with Gasteiger partial charge in [-0.15, -0.1) is 0 Å². The molecule has 1 unspecified atom stereocenters. The summed E-state index contributed by atoms with van der Waals surface area (Å²) in [5, 5.41) is 40.1. The zero-order valence-corrected chi connectivity index (χ0v) is 29.7. The summed E-state index contributed by atoms with van der Waals surface area (Å²) in [6.45, 7) is 3.82. The SMILES string of the molecule is CCCCCCCC(=O)CC[C@@H]1[C@@H](C/C=C\CCCC(=O)NC(C)C(=O)Oc2ccc(CCOC(=O)CCCON(O)O)cc2)[C@@H](O)C[C@H]1O. The van der Waals surface area contributed by atoms with E-state index in [0.717, 1.165) is 24.8 Å². The third kappa shape index (κ3) is 18.2. The van der Waals surface area contributed by atoms with Crippen LogP contribution in [-0.4, -0.2) is 81.1 Å². The summed E-state index contributed by atoms with van der Waals surface area (Å²) in [5.41, 5.74) is 0.861. The van der Waals surface area contributed by atoms with Crippen LogP contribution in [0.5, 0.6) is 5.75 Å². The molecular weight excluding hydrogens is 648 g/mol. The average Bonchev–Trinajstić information content (AvgIpc) is 3.35. The first-order valence-corrected chi connectivity index (χ1v) is 18.1. The second kappa shape index (κ2) is 24.9. The Morgan fingerprint density at radius 1 is 0.880 bits per heavy atom. The van der Waals surface area contributed by atoms with Crippen LogP contribution in [0.4, 0.5) is 0 Å². The standard InChI is InChI=1S/C37H58N2O11/c1-3-4-5-6-9-13-29(40)19-22-32-31(33(41)26-34(32)42)14-10-7-8-11-15-35(43)38-27(2)37(45)50-30-20-17-28(18-21-30)23-25-48-36(44)16-12-24-49-39(46)47/h7,10,17-18,20-21,27,31-34,41-42,46-47H,3-6,8-9,11-16,19,22-26H2,1-2H3,(H,38,43)/b10-7-/t27?,31-,32-,33+,34-/m1/s1. The van der Waals surface area contributed by atoms with Crippen LogP contribution in [0, 0.1) is 11.8 Å². The zero-order chi connectivity index (χ0) is 36.7. The van der Waals surface area contributed by atoms with Crippen LogP contribution in [0.25, 0.3) is 0 Å². The van der Waals surface area contributed by atoms with Gasteiger partial charge in [0.25, 0.3) is 0 Å². The Morgan fingerprint density at radius 3 is 2.32 bits per heavy atom. The van der Waals surface area contributed by atoms with Gasteiger partial charge in [0, 0.05) is 32.1 Å². The number of unbranched alkanes of at least 4 members (excludes halogenated alkanes) is 5. The Morgan fingerprint density at radius 2 is 1.60 bits per heavy atom. The van der Waals surface area contributed by atoms with Gasteiger partial charge in [-0.05, 0) is 81.4 Å². The number of Topliss-reactive ketones (excluding diaryl/α,β-unsaturated/α-hetero) is 1. The molecule has 1 aromatic carbocycles. The Balaban J connectivity index is 1.61. The molecule has 13 nitrogen and oxygen atoms in total. The fourth-order valence-electron chi connectivity index (χ4n) is 6.05. The minimum atomic E-state index is -0.847. The molecule has 0 bridgehead atoms. The van der Waals surface area contributed by atoms with Gasteiger partial charge in [-0.1, -0.05) is 56.9 Å². The van der Waals surface area contributed by atoms with Crippen molar-refractivity contribution in [3.63, 3.8) is 0 Å². The summed E-state index contributed by atoms with van der Waals surface area (Å²) in [4.78, 5) is 53.4. The number of allylic oxidation sites excluding steroid dienone is 2. The Hall–Kier alpha value is -3.20. The van der Waals surface area contributed by atoms with Crippen molar-refractivity contribution in [2.24, 2.45) is 11.8 Å². The molecule has 0 aliphatic heterocycles. The number of nitrogens with zero attached hydrogens (tertiary/aromatic N) is 1. The van der Waals surface area contributed by atoms with Gasteiger partial charge >= 0.3 is 11.9 Å². The number of rotatable bonds is 26. The van der Waals surface area contributed by atoms with Crippen molar-refractivity contribution in [3.05, 3.63) is 42.0 Å². The first kappa shape index (κ1) is 43.0. The van der Waals surface area contributed by atoms with Crippen LogP contribution in [-0.2, 0) is 35.2 Å². The number of hydrogen-bond acceptors (Lipinski definition) is 12. The molecule has 1 aliphatic carbocycles. The Kier molecular flexibility index (Phi) is 21.4. The number of nitrogens with one attached hydrogen (secondary N) is 1. The van der Waals surface area contributed by atoms with E-state index in [1.54, 1.807) is 31.2 Å². The lowest BCUT2D eigenvalue weighted by atomic mass is 9.86. The maximum absolute atomic E-state index is 12.5. The largest absolute Gasteiger partial charge is 0.465 e. The van der Waals surface area contributed by atoms with Gasteiger partial charge in [0.15, 0.2) is 0 Å². The molecule has 1 aromatic rings. The number of ether oxygens (including phenoxy) is 2. The fourth-order valence-corrected chi connectivity index (χ4v) is 6.05. The molecule has 1 aliphatic rings. The second-order valence-corrected chi connectivity index (χ2v) is 13.1. The minimum absolute atomic E-state index is 0.0460. The highest BCUT2D eigenvalue weighted by atomic mass is 17.1. The lowest BCUT2D eigenvalue weighted by Crippen LogP contribution is -2.40. The van der Waals surface area contributed by atoms with Gasteiger partial charge < -0.3 is 25.0 Å². The van der Waals surface area contributed by atoms with E-state index in [4.69, 9.17) is 19.9 Å². The molecule has 1 saturated carbocycles. The van der Waals surface area contributed by atoms with Crippen molar-refractivity contribution in [3.8, 4) is 5.75 Å². The van der Waals surface area contributed by atoms with E-state index < -0.39 is 35.6 Å². The summed E-state index contributed by atoms with van der Waals surface area (Å²) in [6, 6.07) is 5.87. The Labute approximate surface area is 295 Å². The van der Waals surface area contributed by atoms with Crippen LogP contribution >= 0.6 is 0 Å². The number of carbonyl (C=O) groups excluding carboxylic acids is 4. The van der Waals surface area contributed by atoms with Crippen LogP contribution < -0.4 is 10.1 Å². The molecule has 5 N–H and O–H groups in total. The predicted molar refractivity (Wildman–Crippen MR) is 184 cm³/mol. The minimum Gasteiger partial charge on any atom is -0.465 e. The predicted octanol–water partition coefficient (Wildman–Crippen LogP) is 5.16. The molecule has 0 saturated heterocycles. The smallest absolute Gasteiger partial charge is 0.333 e. The van der Waals surface area contributed by atoms with Crippen molar-refractivity contribution in [2.75, 3.05) is 13.2 Å². The van der Waals surface area contributed by atoms with E-state index in [1.165, 1.54) is 12.8 Å². The number of aliphatic hydroxyl groups is 2. The van der Waals surface area contributed by atoms with E-state index in [9.17, 15) is 29.4 Å². The molecular formula is C37H58N2O11. The summed E-state index contributed by atoms with van der Waals surface area (Å²) in [7, 11) is 0. The molecule has 13 heteroatoms. The van der Waals surface area contributed by atoms with E-state index in [-0.39, 0.29) is 56.0 Å². The van der Waals surface area contributed by atoms with Gasteiger partial charge in [-0.2, -0.15) is 0 Å². The summed E-state index contributed by atoms with van der Waals surface area (Å²) in [5.74, 6) is -0.960. The van der Waals surface area contributed by atoms with Gasteiger partial charge in [0.2, 0.25) is 5.91 Å². The van der Waals surface area contributed by atoms with Gasteiger partial charge in [0.05, 0.1) is 30.8 Å². The first-order chi connectivity index (χ1) is 24.0. The number of amides is 1. The maximum Gasteiger partial charge on any atom is 0.333 e. The molecule has 1 amide bonds. The number of carbonyl (C=O) groups is 4. The molecule has 1 fully saturated rings. The number of esters is 2. The molecule has 0 aromatic heterocycles. The lowest BCUT2D eigenvalue weighted by molar-refractivity contribution is -0.492. The topological polar surface area (TPSA) is 192 Å². The normalized spacial score (nSPS) is 19.5. The van der Waals surface area contributed by atoms with Crippen LogP contribution in [0.2, 0.25) is 0 Å². The van der Waals surface area contributed by atoms with Crippen molar-refractivity contribution in [1.29, 1.82) is 0 Å². The second-order valence-electron chi connectivity index (χ2n) is 13.1. The molecule has 2 rings (SSSR count). The first-order valence-electron chi connectivity index (χ1n) is 18.1. The highest BCUT2D eigenvalue weighted by Gasteiger charge is 2.40. The molecule has 5 atom stereocenters. The molecule has 0 heterocycles. The summed E-state index contributed by atoms with van der Waals surface area (Å²) >= 11 is 0. The van der Waals surface area contributed by atoms with Gasteiger partial charge in [-0.25, -0.2) is 4.79 Å². The van der Waals surface area contributed by atoms with Gasteiger partial charge in [0.1, 0.15) is 17.6 Å². The van der Waals surface area contributed by atoms with E-state index in [2.05, 4.69) is 17.1 Å². The number of aliphatic hydroxyl groups excluding tert-OH is 2. The van der Waals surface area contributed by atoms with Crippen molar-refractivity contribution < 1.29 is 54.1 Å². The van der Waals surface area contributed by atoms with E-state index in [1.807, 2.05) is 12.2 Å². The van der Waals surface area contributed by atoms with Crippen molar-refractivity contribution in [2.45, 2.75) is 135 Å². The molecule has 50 heavy (non-hydrogen) atoms. The lowest BCUT2D eigenvalue weighted by Gasteiger charge is -2.22. The number of hydrogen-bond donors (Lipinski definition) is 5. The summed E-state index contributed by atoms with van der Waals surface area (Å²) in [6.07, 6.45) is 13.1. The average molecular weight is 707 g/mol. The highest BCUT2D eigenvalue weighted by molar-refractivity contribution is 5.85. The summed E-state index contributed by atoms with van der Waals surface area (Å²) < 4.78 is 10.5. The molecule has 282 valence electrons. The highest BCUT2D eigenvalue weighted by Crippen LogP contribution is 2.38. The van der Waals surface area contributed by atoms with Crippen LogP contribution in [0.15, 0.2) is 36.4 Å². The molecule has 0 spiro atoms. The zero-order valence-electron chi connectivity index (χ0n) is 29.7. The van der Waals surface area contributed by atoms with Crippen molar-refractivity contribution in [1.82, 2.24) is 10.7 Å². The van der Waals surface area contributed by atoms with Gasteiger partial charge in [-0.3, -0.25) is 29.6 Å². The van der Waals surface area contributed by atoms with Crippen LogP contribution in [0.3, 0.4) is 0 Å². The van der Waals surface area contributed by atoms with Crippen molar-refractivity contribution >= 4 is 23.6 Å². The number of benzene rings is 1. The Bertz CT molecular complexity index is 1170. The number of ketones is 1. The van der Waals surface area contributed by atoms with Crippen LogP contribution in [0.1, 0.15) is 116 Å².